The number of alkyl halides is 3. The topological polar surface area (TPSA) is 24.9 Å². The molecule has 1 unspecified atom stereocenters. The molecular formula is C15H17F3N2. The first-order valence-corrected chi connectivity index (χ1v) is 6.64. The number of halogens is 3. The number of nitrogens with zero attached hydrogens (tertiary/aromatic N) is 1. The summed E-state index contributed by atoms with van der Waals surface area (Å²) in [6.45, 7) is 2.52. The second kappa shape index (κ2) is 6.22. The number of hydrogen-bond donors (Lipinski definition) is 1. The molecule has 1 heterocycles. The lowest BCUT2D eigenvalue weighted by Crippen LogP contribution is -2.23. The molecule has 0 aliphatic heterocycles. The number of fused-ring (bicyclic) bond motifs is 1. The van der Waals surface area contributed by atoms with E-state index in [9.17, 15) is 13.2 Å². The number of rotatable bonds is 5. The number of aromatic nitrogens is 1. The summed E-state index contributed by atoms with van der Waals surface area (Å²) in [5.74, 6) is 0. The lowest BCUT2D eigenvalue weighted by molar-refractivity contribution is -0.136. The van der Waals surface area contributed by atoms with Crippen LogP contribution in [0.1, 0.15) is 31.4 Å². The summed E-state index contributed by atoms with van der Waals surface area (Å²) in [6, 6.07) is 9.10. The maximum atomic E-state index is 12.4. The molecule has 0 saturated heterocycles. The van der Waals surface area contributed by atoms with Gasteiger partial charge in [-0.25, -0.2) is 0 Å². The molecule has 0 aliphatic carbocycles. The zero-order valence-corrected chi connectivity index (χ0v) is 11.2. The van der Waals surface area contributed by atoms with Crippen molar-refractivity contribution < 1.29 is 13.2 Å². The Balaban J connectivity index is 2.21. The third-order valence-corrected chi connectivity index (χ3v) is 3.20. The molecule has 1 N–H and O–H groups in total. The molecule has 20 heavy (non-hydrogen) atoms. The third-order valence-electron chi connectivity index (χ3n) is 3.20. The van der Waals surface area contributed by atoms with E-state index in [4.69, 9.17) is 0 Å². The van der Waals surface area contributed by atoms with E-state index in [0.717, 1.165) is 16.5 Å². The van der Waals surface area contributed by atoms with Gasteiger partial charge in [0.05, 0.1) is 5.52 Å². The standard InChI is InChI=1S/C15H17F3N2/c1-2-19-13(7-8-15(16,17)18)12-6-5-11-4-3-9-20-14(11)10-12/h3-6,9-10,13,19H,2,7-8H2,1H3. The fraction of sp³-hybridized carbons (Fsp3) is 0.400. The van der Waals surface area contributed by atoms with Crippen LogP contribution in [0.3, 0.4) is 0 Å². The summed E-state index contributed by atoms with van der Waals surface area (Å²) in [7, 11) is 0. The van der Waals surface area contributed by atoms with Gasteiger partial charge in [0.25, 0.3) is 0 Å². The maximum absolute atomic E-state index is 12.4. The molecule has 1 aromatic carbocycles. The number of nitrogens with one attached hydrogen (secondary N) is 1. The first-order valence-electron chi connectivity index (χ1n) is 6.64. The monoisotopic (exact) mass is 282 g/mol. The Hall–Kier alpha value is -1.62. The molecule has 2 aromatic rings. The van der Waals surface area contributed by atoms with Crippen molar-refractivity contribution >= 4 is 10.9 Å². The van der Waals surface area contributed by atoms with Gasteiger partial charge in [-0.05, 0) is 30.7 Å². The molecule has 0 radical (unpaired) electrons. The summed E-state index contributed by atoms with van der Waals surface area (Å²) in [5.41, 5.74) is 1.65. The van der Waals surface area contributed by atoms with Gasteiger partial charge in [-0.2, -0.15) is 13.2 Å². The normalized spacial score (nSPS) is 13.6. The van der Waals surface area contributed by atoms with Crippen LogP contribution in [0.15, 0.2) is 36.5 Å². The minimum atomic E-state index is -4.12. The van der Waals surface area contributed by atoms with E-state index in [1.807, 2.05) is 37.3 Å². The first kappa shape index (κ1) is 14.8. The zero-order valence-electron chi connectivity index (χ0n) is 11.2. The summed E-state index contributed by atoms with van der Waals surface area (Å²) in [6.07, 6.45) is -3.19. The molecule has 0 spiro atoms. The predicted octanol–water partition coefficient (Wildman–Crippen LogP) is 4.23. The van der Waals surface area contributed by atoms with E-state index >= 15 is 0 Å². The van der Waals surface area contributed by atoms with Crippen molar-refractivity contribution in [3.05, 3.63) is 42.1 Å². The summed E-state index contributed by atoms with van der Waals surface area (Å²) < 4.78 is 37.2. The average molecular weight is 282 g/mol. The summed E-state index contributed by atoms with van der Waals surface area (Å²) >= 11 is 0. The van der Waals surface area contributed by atoms with Gasteiger partial charge in [-0.3, -0.25) is 4.98 Å². The van der Waals surface area contributed by atoms with E-state index in [1.165, 1.54) is 0 Å². The third kappa shape index (κ3) is 3.93. The van der Waals surface area contributed by atoms with Crippen molar-refractivity contribution in [3.63, 3.8) is 0 Å². The molecule has 1 atom stereocenters. The minimum Gasteiger partial charge on any atom is -0.310 e. The van der Waals surface area contributed by atoms with Gasteiger partial charge in [0.2, 0.25) is 0 Å². The molecule has 0 aliphatic rings. The first-order chi connectivity index (χ1) is 9.49. The van der Waals surface area contributed by atoms with E-state index in [-0.39, 0.29) is 12.5 Å². The molecule has 108 valence electrons. The van der Waals surface area contributed by atoms with Crippen LogP contribution >= 0.6 is 0 Å². The van der Waals surface area contributed by atoms with Gasteiger partial charge >= 0.3 is 6.18 Å². The van der Waals surface area contributed by atoms with Crippen molar-refractivity contribution in [3.8, 4) is 0 Å². The van der Waals surface area contributed by atoms with Crippen molar-refractivity contribution in [2.75, 3.05) is 6.54 Å². The van der Waals surface area contributed by atoms with Gasteiger partial charge in [-0.1, -0.05) is 25.1 Å². The molecule has 0 bridgehead atoms. The van der Waals surface area contributed by atoms with Crippen LogP contribution < -0.4 is 5.32 Å². The van der Waals surface area contributed by atoms with Crippen LogP contribution in [-0.2, 0) is 0 Å². The lowest BCUT2D eigenvalue weighted by atomic mass is 10.00. The van der Waals surface area contributed by atoms with Crippen LogP contribution in [0.2, 0.25) is 0 Å². The molecule has 0 saturated carbocycles. The van der Waals surface area contributed by atoms with E-state index in [1.54, 1.807) is 6.20 Å². The molecule has 0 amide bonds. The molecule has 1 aromatic heterocycles. The fourth-order valence-corrected chi connectivity index (χ4v) is 2.24. The Bertz CT molecular complexity index is 566. The quantitative estimate of drug-likeness (QED) is 0.887. The van der Waals surface area contributed by atoms with E-state index < -0.39 is 12.6 Å². The van der Waals surface area contributed by atoms with Crippen LogP contribution in [0.4, 0.5) is 13.2 Å². The average Bonchev–Trinajstić information content (AvgIpc) is 2.42. The molecule has 2 nitrogen and oxygen atoms in total. The largest absolute Gasteiger partial charge is 0.389 e. The number of hydrogen-bond acceptors (Lipinski definition) is 2. The van der Waals surface area contributed by atoms with E-state index in [0.29, 0.717) is 6.54 Å². The molecular weight excluding hydrogens is 265 g/mol. The van der Waals surface area contributed by atoms with Crippen LogP contribution in [0.5, 0.6) is 0 Å². The van der Waals surface area contributed by atoms with Gasteiger partial charge in [0.1, 0.15) is 0 Å². The smallest absolute Gasteiger partial charge is 0.310 e. The molecule has 0 fully saturated rings. The SMILES string of the molecule is CCNC(CCC(F)(F)F)c1ccc2cccnc2c1. The Morgan fingerprint density at radius 2 is 2.05 bits per heavy atom. The second-order valence-electron chi connectivity index (χ2n) is 4.72. The van der Waals surface area contributed by atoms with Crippen molar-refractivity contribution in [1.29, 1.82) is 0 Å². The minimum absolute atomic E-state index is 0.0374. The van der Waals surface area contributed by atoms with Crippen molar-refractivity contribution in [2.24, 2.45) is 0 Å². The predicted molar refractivity (Wildman–Crippen MR) is 73.4 cm³/mol. The Morgan fingerprint density at radius 3 is 2.75 bits per heavy atom. The Morgan fingerprint density at radius 1 is 1.25 bits per heavy atom. The van der Waals surface area contributed by atoms with Crippen LogP contribution in [-0.4, -0.2) is 17.7 Å². The lowest BCUT2D eigenvalue weighted by Gasteiger charge is -2.19. The number of pyridine rings is 1. The molecule has 2 rings (SSSR count). The Kier molecular flexibility index (Phi) is 4.60. The molecule has 5 heteroatoms. The van der Waals surface area contributed by atoms with Gasteiger partial charge in [-0.15, -0.1) is 0 Å². The van der Waals surface area contributed by atoms with E-state index in [2.05, 4.69) is 10.3 Å². The highest BCUT2D eigenvalue weighted by Crippen LogP contribution is 2.28. The number of benzene rings is 1. The zero-order chi connectivity index (χ0) is 14.6. The fourth-order valence-electron chi connectivity index (χ4n) is 2.24. The summed E-state index contributed by atoms with van der Waals surface area (Å²) in [5, 5.41) is 4.10. The van der Waals surface area contributed by atoms with Crippen LogP contribution in [0.25, 0.3) is 10.9 Å². The van der Waals surface area contributed by atoms with Gasteiger partial charge in [0.15, 0.2) is 0 Å². The second-order valence-corrected chi connectivity index (χ2v) is 4.72. The summed E-state index contributed by atoms with van der Waals surface area (Å²) in [4.78, 5) is 4.24. The highest BCUT2D eigenvalue weighted by atomic mass is 19.4. The van der Waals surface area contributed by atoms with Crippen molar-refractivity contribution in [1.82, 2.24) is 10.3 Å². The highest BCUT2D eigenvalue weighted by Gasteiger charge is 2.28. The van der Waals surface area contributed by atoms with Crippen molar-refractivity contribution in [2.45, 2.75) is 32.0 Å². The van der Waals surface area contributed by atoms with Gasteiger partial charge in [0, 0.05) is 24.0 Å². The Labute approximate surface area is 116 Å². The maximum Gasteiger partial charge on any atom is 0.389 e. The highest BCUT2D eigenvalue weighted by molar-refractivity contribution is 5.78. The van der Waals surface area contributed by atoms with Crippen LogP contribution in [0, 0.1) is 0 Å². The van der Waals surface area contributed by atoms with Gasteiger partial charge < -0.3 is 5.32 Å².